The van der Waals surface area contributed by atoms with Crippen LogP contribution in [0.5, 0.6) is 0 Å². The molecule has 0 saturated heterocycles. The Bertz CT molecular complexity index is 786. The molecule has 194 valence electrons. The van der Waals surface area contributed by atoms with Crippen LogP contribution in [0.2, 0.25) is 0 Å². The third-order valence-corrected chi connectivity index (χ3v) is 8.47. The average molecular weight is 467 g/mol. The van der Waals surface area contributed by atoms with Crippen molar-refractivity contribution in [3.63, 3.8) is 0 Å². The summed E-state index contributed by atoms with van der Waals surface area (Å²) in [7, 11) is 0. The maximum absolute atomic E-state index is 2.72. The van der Waals surface area contributed by atoms with Gasteiger partial charge >= 0.3 is 0 Å². The Morgan fingerprint density at radius 2 is 0.471 bits per heavy atom. The maximum Gasteiger partial charge on any atom is 0.0253 e. The summed E-state index contributed by atoms with van der Waals surface area (Å²) in [5.74, 6) is 0. The largest absolute Gasteiger partial charge is 0.0688 e. The van der Waals surface area contributed by atoms with Gasteiger partial charge in [0.1, 0.15) is 0 Å². The Labute approximate surface area is 214 Å². The molecule has 0 nitrogen and oxygen atoms in total. The van der Waals surface area contributed by atoms with Gasteiger partial charge in [0.25, 0.3) is 0 Å². The van der Waals surface area contributed by atoms with Crippen molar-refractivity contribution in [2.24, 2.45) is 43.3 Å². The van der Waals surface area contributed by atoms with Gasteiger partial charge < -0.3 is 0 Å². The van der Waals surface area contributed by atoms with Gasteiger partial charge in [0, 0.05) is 10.8 Å². The van der Waals surface area contributed by atoms with Crippen LogP contribution in [0.1, 0.15) is 125 Å². The topological polar surface area (TPSA) is 0 Å². The van der Waals surface area contributed by atoms with Crippen LogP contribution < -0.4 is 0 Å². The second-order valence-corrected chi connectivity index (χ2v) is 17.5. The highest BCUT2D eigenvalue weighted by Crippen LogP contribution is 2.71. The summed E-state index contributed by atoms with van der Waals surface area (Å²) in [5.41, 5.74) is 6.30. The maximum atomic E-state index is 2.72. The molecule has 0 saturated carbocycles. The zero-order valence-electron chi connectivity index (χ0n) is 26.3. The first kappa shape index (κ1) is 29.2. The summed E-state index contributed by atoms with van der Waals surface area (Å²) in [6, 6.07) is 0. The molecule has 0 aromatic heterocycles. The van der Waals surface area contributed by atoms with Gasteiger partial charge in [0.2, 0.25) is 0 Å². The van der Waals surface area contributed by atoms with Crippen molar-refractivity contribution in [1.29, 1.82) is 0 Å². The van der Waals surface area contributed by atoms with E-state index in [2.05, 4.69) is 149 Å². The summed E-state index contributed by atoms with van der Waals surface area (Å²) in [6.07, 6.45) is 10.9. The van der Waals surface area contributed by atoms with E-state index in [4.69, 9.17) is 0 Å². The summed E-state index contributed by atoms with van der Waals surface area (Å²) in [5, 5.41) is 0. The van der Waals surface area contributed by atoms with Crippen molar-refractivity contribution in [2.75, 3.05) is 0 Å². The summed E-state index contributed by atoms with van der Waals surface area (Å²) in [6.45, 7) is 43.5. The third kappa shape index (κ3) is 4.57. The predicted octanol–water partition coefficient (Wildman–Crippen LogP) is 11.0. The van der Waals surface area contributed by atoms with Gasteiger partial charge in [-0.15, -0.1) is 0 Å². The molecule has 0 atom stereocenters. The lowest BCUT2D eigenvalue weighted by Crippen LogP contribution is -2.52. The molecule has 34 heavy (non-hydrogen) atoms. The molecule has 2 aliphatic rings. The predicted molar refractivity (Wildman–Crippen MR) is 154 cm³/mol. The monoisotopic (exact) mass is 466 g/mol. The second-order valence-electron chi connectivity index (χ2n) is 17.5. The molecular formula is C34H58. The van der Waals surface area contributed by atoms with Crippen LogP contribution in [0.25, 0.3) is 0 Å². The second kappa shape index (κ2) is 7.73. The van der Waals surface area contributed by atoms with Crippen LogP contribution in [0, 0.1) is 43.3 Å². The van der Waals surface area contributed by atoms with E-state index in [0.29, 0.717) is 0 Å². The van der Waals surface area contributed by atoms with Crippen LogP contribution in [-0.4, -0.2) is 0 Å². The Hall–Kier alpha value is -1.04. The number of rotatable bonds is 1. The fourth-order valence-electron chi connectivity index (χ4n) is 6.37. The lowest BCUT2D eigenvalue weighted by atomic mass is 9.45. The zero-order chi connectivity index (χ0) is 27.1. The SMILES string of the molecule is CC(C)(C)C1=CC(C(C)(C)C)(C2(C(C)(C)C)C=C(C(C)(C)C)C(C(C)(C)C)=C2)C=C1C(C)(C)C. The minimum absolute atomic E-state index is 0.0348. The van der Waals surface area contributed by atoms with E-state index in [9.17, 15) is 0 Å². The van der Waals surface area contributed by atoms with Crippen LogP contribution in [0.4, 0.5) is 0 Å². The Morgan fingerprint density at radius 1 is 0.324 bits per heavy atom. The van der Waals surface area contributed by atoms with Crippen molar-refractivity contribution < 1.29 is 0 Å². The molecule has 0 spiro atoms. The van der Waals surface area contributed by atoms with Crippen molar-refractivity contribution in [2.45, 2.75) is 125 Å². The van der Waals surface area contributed by atoms with E-state index in [1.54, 1.807) is 0 Å². The lowest BCUT2D eigenvalue weighted by molar-refractivity contribution is 0.0157. The molecule has 0 unspecified atom stereocenters. The van der Waals surface area contributed by atoms with E-state index in [1.807, 2.05) is 0 Å². The summed E-state index contributed by atoms with van der Waals surface area (Å²) < 4.78 is 0. The molecule has 0 radical (unpaired) electrons. The summed E-state index contributed by atoms with van der Waals surface area (Å²) in [4.78, 5) is 0. The highest BCUT2D eigenvalue weighted by molar-refractivity contribution is 5.58. The van der Waals surface area contributed by atoms with E-state index in [1.165, 1.54) is 22.3 Å². The highest BCUT2D eigenvalue weighted by Gasteiger charge is 2.63. The molecule has 0 aromatic rings. The van der Waals surface area contributed by atoms with Gasteiger partial charge in [-0.05, 0) is 54.8 Å². The molecule has 0 aromatic carbocycles. The van der Waals surface area contributed by atoms with E-state index in [-0.39, 0.29) is 43.3 Å². The van der Waals surface area contributed by atoms with Gasteiger partial charge in [-0.25, -0.2) is 0 Å². The van der Waals surface area contributed by atoms with Crippen molar-refractivity contribution in [3.8, 4) is 0 Å². The van der Waals surface area contributed by atoms with Crippen molar-refractivity contribution in [1.82, 2.24) is 0 Å². The zero-order valence-corrected chi connectivity index (χ0v) is 26.3. The standard InChI is InChI=1S/C34H58/c1-27(2,3)23-19-33(31(13,14)15,20-24(23)28(4,5)6)34(32(16,17)18)21-25(29(7,8)9)26(22-34)30(10,11)12/h19-22H,1-18H3. The molecular weight excluding hydrogens is 408 g/mol. The lowest BCUT2D eigenvalue weighted by Gasteiger charge is -2.57. The molecule has 0 amide bonds. The molecule has 0 N–H and O–H groups in total. The average Bonchev–Trinajstić information content (AvgIpc) is 3.13. The van der Waals surface area contributed by atoms with Crippen LogP contribution in [0.15, 0.2) is 46.6 Å². The molecule has 0 bridgehead atoms. The van der Waals surface area contributed by atoms with Crippen molar-refractivity contribution >= 4 is 0 Å². The molecule has 2 aliphatic carbocycles. The Kier molecular flexibility index (Phi) is 6.64. The Morgan fingerprint density at radius 3 is 0.559 bits per heavy atom. The van der Waals surface area contributed by atoms with Crippen LogP contribution in [-0.2, 0) is 0 Å². The Balaban J connectivity index is 3.20. The molecule has 0 heterocycles. The van der Waals surface area contributed by atoms with Gasteiger partial charge in [-0.1, -0.05) is 149 Å². The fraction of sp³-hybridized carbons (Fsp3) is 0.765. The first-order chi connectivity index (χ1) is 14.6. The normalized spacial score (nSPS) is 21.8. The minimum atomic E-state index is -0.132. The van der Waals surface area contributed by atoms with E-state index < -0.39 is 0 Å². The number of allylic oxidation sites excluding steroid dienone is 8. The highest BCUT2D eigenvalue weighted by atomic mass is 14.7. The molecule has 0 heteroatoms. The third-order valence-electron chi connectivity index (χ3n) is 8.47. The van der Waals surface area contributed by atoms with Crippen LogP contribution in [0.3, 0.4) is 0 Å². The van der Waals surface area contributed by atoms with Crippen LogP contribution >= 0.6 is 0 Å². The van der Waals surface area contributed by atoms with E-state index >= 15 is 0 Å². The molecule has 0 fully saturated rings. The smallest absolute Gasteiger partial charge is 0.0253 e. The van der Waals surface area contributed by atoms with Gasteiger partial charge in [-0.3, -0.25) is 0 Å². The van der Waals surface area contributed by atoms with Gasteiger partial charge in [-0.2, -0.15) is 0 Å². The minimum Gasteiger partial charge on any atom is -0.0688 e. The quantitative estimate of drug-likeness (QED) is 0.360. The first-order valence-corrected chi connectivity index (χ1v) is 13.6. The van der Waals surface area contributed by atoms with Gasteiger partial charge in [0.15, 0.2) is 0 Å². The van der Waals surface area contributed by atoms with Crippen molar-refractivity contribution in [3.05, 3.63) is 46.6 Å². The fourth-order valence-corrected chi connectivity index (χ4v) is 6.37. The first-order valence-electron chi connectivity index (χ1n) is 13.6. The molecule has 0 aliphatic heterocycles. The molecule has 2 rings (SSSR count). The number of hydrogen-bond acceptors (Lipinski definition) is 0. The van der Waals surface area contributed by atoms with Gasteiger partial charge in [0.05, 0.1) is 0 Å². The summed E-state index contributed by atoms with van der Waals surface area (Å²) >= 11 is 0. The number of hydrogen-bond donors (Lipinski definition) is 0. The van der Waals surface area contributed by atoms with E-state index in [0.717, 1.165) is 0 Å².